The molecule has 0 unspecified atom stereocenters. The van der Waals surface area contributed by atoms with Gasteiger partial charge in [0.15, 0.2) is 0 Å². The third-order valence-corrected chi connectivity index (χ3v) is 2.23. The van der Waals surface area contributed by atoms with Crippen molar-refractivity contribution in [2.24, 2.45) is 7.05 Å². The molecule has 84 valence electrons. The second-order valence-corrected chi connectivity index (χ2v) is 3.48. The predicted molar refractivity (Wildman–Crippen MR) is 55.4 cm³/mol. The van der Waals surface area contributed by atoms with Gasteiger partial charge in [-0.3, -0.25) is 9.89 Å². The third-order valence-electron chi connectivity index (χ3n) is 2.23. The van der Waals surface area contributed by atoms with E-state index in [0.29, 0.717) is 18.1 Å². The molecule has 2 rings (SSSR count). The number of aryl methyl sites for hydroxylation is 1. The van der Waals surface area contributed by atoms with Crippen molar-refractivity contribution in [3.63, 3.8) is 0 Å². The topological polar surface area (TPSA) is 79.7 Å². The van der Waals surface area contributed by atoms with E-state index in [2.05, 4.69) is 20.2 Å². The molecule has 2 aromatic heterocycles. The van der Waals surface area contributed by atoms with E-state index in [4.69, 9.17) is 0 Å². The van der Waals surface area contributed by atoms with Crippen molar-refractivity contribution in [2.75, 3.05) is 7.05 Å². The predicted octanol–water partition coefficient (Wildman–Crippen LogP) is -0.190. The van der Waals surface area contributed by atoms with Crippen LogP contribution in [0.1, 0.15) is 16.3 Å². The Morgan fingerprint density at radius 2 is 2.44 bits per heavy atom. The van der Waals surface area contributed by atoms with Crippen molar-refractivity contribution in [3.05, 3.63) is 30.4 Å². The number of H-pyrrole nitrogens is 1. The van der Waals surface area contributed by atoms with Crippen LogP contribution in [0.25, 0.3) is 0 Å². The van der Waals surface area contributed by atoms with E-state index < -0.39 is 0 Å². The van der Waals surface area contributed by atoms with Gasteiger partial charge in [-0.25, -0.2) is 9.97 Å². The van der Waals surface area contributed by atoms with Crippen LogP contribution < -0.4 is 0 Å². The van der Waals surface area contributed by atoms with Gasteiger partial charge in [0, 0.05) is 14.1 Å². The molecule has 1 amide bonds. The number of rotatable bonds is 3. The molecule has 0 saturated carbocycles. The van der Waals surface area contributed by atoms with Gasteiger partial charge in [-0.2, -0.15) is 5.10 Å². The number of imidazole rings is 1. The van der Waals surface area contributed by atoms with Crippen molar-refractivity contribution in [2.45, 2.75) is 6.54 Å². The van der Waals surface area contributed by atoms with E-state index in [1.54, 1.807) is 36.1 Å². The van der Waals surface area contributed by atoms with Gasteiger partial charge in [-0.1, -0.05) is 0 Å². The average Bonchev–Trinajstić information content (AvgIpc) is 2.88. The van der Waals surface area contributed by atoms with Gasteiger partial charge in [0.2, 0.25) is 0 Å². The number of amides is 1. The van der Waals surface area contributed by atoms with E-state index in [1.807, 2.05) is 0 Å². The fourth-order valence-corrected chi connectivity index (χ4v) is 1.36. The molecule has 2 aromatic rings. The maximum atomic E-state index is 12.0. The van der Waals surface area contributed by atoms with Crippen LogP contribution in [0, 0.1) is 0 Å². The smallest absolute Gasteiger partial charge is 0.272 e. The number of nitrogens with one attached hydrogen (secondary N) is 1. The third kappa shape index (κ3) is 1.92. The van der Waals surface area contributed by atoms with Gasteiger partial charge in [-0.05, 0) is 0 Å². The Bertz CT molecular complexity index is 474. The molecule has 2 heterocycles. The molecular formula is C9H12N6O. The molecule has 0 saturated heterocycles. The van der Waals surface area contributed by atoms with Crippen LogP contribution in [0.5, 0.6) is 0 Å². The number of hydrogen-bond donors (Lipinski definition) is 1. The summed E-state index contributed by atoms with van der Waals surface area (Å²) in [6, 6.07) is 0. The minimum Gasteiger partial charge on any atom is -0.333 e. The summed E-state index contributed by atoms with van der Waals surface area (Å²) in [4.78, 5) is 21.4. The van der Waals surface area contributed by atoms with E-state index in [9.17, 15) is 4.79 Å². The highest BCUT2D eigenvalue weighted by Gasteiger charge is 2.15. The van der Waals surface area contributed by atoms with Crippen LogP contribution in [-0.4, -0.2) is 42.6 Å². The summed E-state index contributed by atoms with van der Waals surface area (Å²) in [7, 11) is 3.49. The first kappa shape index (κ1) is 10.3. The molecule has 7 heteroatoms. The lowest BCUT2D eigenvalue weighted by Crippen LogP contribution is -2.28. The largest absolute Gasteiger partial charge is 0.333 e. The van der Waals surface area contributed by atoms with Crippen molar-refractivity contribution in [1.29, 1.82) is 0 Å². The molecule has 0 radical (unpaired) electrons. The first-order valence-corrected chi connectivity index (χ1v) is 4.74. The first-order chi connectivity index (χ1) is 7.68. The molecular weight excluding hydrogens is 208 g/mol. The number of carbonyl (C=O) groups is 1. The van der Waals surface area contributed by atoms with Crippen LogP contribution in [0.3, 0.4) is 0 Å². The van der Waals surface area contributed by atoms with Crippen LogP contribution in [0.4, 0.5) is 0 Å². The summed E-state index contributed by atoms with van der Waals surface area (Å²) in [6.45, 7) is 0.393. The van der Waals surface area contributed by atoms with Gasteiger partial charge < -0.3 is 9.47 Å². The van der Waals surface area contributed by atoms with Gasteiger partial charge in [0.25, 0.3) is 5.91 Å². The minimum atomic E-state index is -0.101. The number of aromatic nitrogens is 5. The van der Waals surface area contributed by atoms with E-state index in [1.165, 1.54) is 6.33 Å². The van der Waals surface area contributed by atoms with Gasteiger partial charge in [-0.15, -0.1) is 0 Å². The molecule has 7 nitrogen and oxygen atoms in total. The normalized spacial score (nSPS) is 10.4. The van der Waals surface area contributed by atoms with E-state index in [-0.39, 0.29) is 5.91 Å². The quantitative estimate of drug-likeness (QED) is 0.777. The van der Waals surface area contributed by atoms with Crippen LogP contribution in [0.15, 0.2) is 18.9 Å². The Morgan fingerprint density at radius 3 is 3.00 bits per heavy atom. The number of nitrogens with zero attached hydrogens (tertiary/aromatic N) is 5. The molecule has 0 aliphatic heterocycles. The van der Waals surface area contributed by atoms with Gasteiger partial charge in [0.05, 0.1) is 19.1 Å². The van der Waals surface area contributed by atoms with Crippen molar-refractivity contribution in [3.8, 4) is 0 Å². The Labute approximate surface area is 92.1 Å². The highest BCUT2D eigenvalue weighted by molar-refractivity contribution is 5.92. The van der Waals surface area contributed by atoms with Gasteiger partial charge >= 0.3 is 0 Å². The number of carbonyl (C=O) groups excluding carboxylic acids is 1. The summed E-state index contributed by atoms with van der Waals surface area (Å²) >= 11 is 0. The van der Waals surface area contributed by atoms with Crippen molar-refractivity contribution >= 4 is 5.91 Å². The Morgan fingerprint density at radius 1 is 1.62 bits per heavy atom. The SMILES string of the molecule is CN(Cc1ncn[nH]1)C(=O)c1cncn1C. The molecule has 0 fully saturated rings. The zero-order valence-electron chi connectivity index (χ0n) is 9.08. The summed E-state index contributed by atoms with van der Waals surface area (Å²) in [5.74, 6) is 0.550. The van der Waals surface area contributed by atoms with Gasteiger partial charge in [0.1, 0.15) is 17.8 Å². The maximum absolute atomic E-state index is 12.0. The standard InChI is InChI=1S/C9H12N6O/c1-14(4-8-11-5-12-13-8)9(16)7-3-10-6-15(7)2/h3,5-6H,4H2,1-2H3,(H,11,12,13). The lowest BCUT2D eigenvalue weighted by atomic mass is 10.4. The highest BCUT2D eigenvalue weighted by atomic mass is 16.2. The summed E-state index contributed by atoms with van der Waals surface area (Å²) in [5.41, 5.74) is 0.544. The zero-order valence-corrected chi connectivity index (χ0v) is 9.08. The molecule has 0 aromatic carbocycles. The highest BCUT2D eigenvalue weighted by Crippen LogP contribution is 2.03. The summed E-state index contributed by atoms with van der Waals surface area (Å²) < 4.78 is 1.68. The lowest BCUT2D eigenvalue weighted by molar-refractivity contribution is 0.0772. The molecule has 0 spiro atoms. The van der Waals surface area contributed by atoms with Crippen molar-refractivity contribution in [1.82, 2.24) is 29.6 Å². The van der Waals surface area contributed by atoms with Crippen LogP contribution >= 0.6 is 0 Å². The number of hydrogen-bond acceptors (Lipinski definition) is 4. The summed E-state index contributed by atoms with van der Waals surface area (Å²) in [6.07, 6.45) is 4.55. The zero-order chi connectivity index (χ0) is 11.5. The fourth-order valence-electron chi connectivity index (χ4n) is 1.36. The fraction of sp³-hybridized carbons (Fsp3) is 0.333. The van der Waals surface area contributed by atoms with Crippen LogP contribution in [0.2, 0.25) is 0 Å². The summed E-state index contributed by atoms with van der Waals surface area (Å²) in [5, 5.41) is 6.43. The number of aromatic amines is 1. The molecule has 0 aliphatic carbocycles. The second-order valence-electron chi connectivity index (χ2n) is 3.48. The van der Waals surface area contributed by atoms with Crippen molar-refractivity contribution < 1.29 is 4.79 Å². The minimum absolute atomic E-state index is 0.101. The van der Waals surface area contributed by atoms with E-state index >= 15 is 0 Å². The second kappa shape index (κ2) is 4.13. The Balaban J connectivity index is 2.08. The maximum Gasteiger partial charge on any atom is 0.272 e. The Kier molecular flexibility index (Phi) is 2.67. The molecule has 0 aliphatic rings. The average molecular weight is 220 g/mol. The first-order valence-electron chi connectivity index (χ1n) is 4.74. The van der Waals surface area contributed by atoms with E-state index in [0.717, 1.165) is 0 Å². The molecule has 1 N–H and O–H groups in total. The lowest BCUT2D eigenvalue weighted by Gasteiger charge is -2.15. The monoisotopic (exact) mass is 220 g/mol. The molecule has 16 heavy (non-hydrogen) atoms. The Hall–Kier alpha value is -2.18. The van der Waals surface area contributed by atoms with Crippen LogP contribution in [-0.2, 0) is 13.6 Å². The molecule has 0 atom stereocenters. The molecule has 0 bridgehead atoms.